The maximum atomic E-state index is 12.3. The molecule has 0 unspecified atom stereocenters. The Labute approximate surface area is 158 Å². The van der Waals surface area contributed by atoms with Crippen LogP contribution in [0.25, 0.3) is 0 Å². The van der Waals surface area contributed by atoms with Gasteiger partial charge in [-0.3, -0.25) is 0 Å². The van der Waals surface area contributed by atoms with Crippen molar-refractivity contribution in [2.75, 3.05) is 27.9 Å². The highest BCUT2D eigenvalue weighted by Crippen LogP contribution is 2.33. The van der Waals surface area contributed by atoms with E-state index in [0.29, 0.717) is 35.2 Å². The fourth-order valence-corrected chi connectivity index (χ4v) is 3.04. The summed E-state index contributed by atoms with van der Waals surface area (Å²) in [6, 6.07) is 9.31. The molecule has 27 heavy (non-hydrogen) atoms. The number of hydrogen-bond donors (Lipinski definition) is 1. The Hall–Kier alpha value is -2.94. The Kier molecular flexibility index (Phi) is 6.89. The second-order valence-electron chi connectivity index (χ2n) is 5.21. The summed E-state index contributed by atoms with van der Waals surface area (Å²) in [4.78, 5) is 2.24. The Morgan fingerprint density at radius 2 is 1.56 bits per heavy atom. The van der Waals surface area contributed by atoms with Gasteiger partial charge in [0.15, 0.2) is 11.5 Å². The molecule has 8 nitrogen and oxygen atoms in total. The first kappa shape index (κ1) is 20.4. The molecule has 0 saturated carbocycles. The van der Waals surface area contributed by atoms with Gasteiger partial charge >= 0.3 is 0 Å². The van der Waals surface area contributed by atoms with Gasteiger partial charge in [0, 0.05) is 11.6 Å². The Balaban J connectivity index is 2.20. The van der Waals surface area contributed by atoms with E-state index in [2.05, 4.69) is 9.93 Å². The molecule has 2 rings (SSSR count). The monoisotopic (exact) mass is 394 g/mol. The Morgan fingerprint density at radius 1 is 0.963 bits per heavy atom. The molecule has 0 radical (unpaired) electrons. The Bertz CT molecular complexity index is 895. The van der Waals surface area contributed by atoms with Crippen LogP contribution in [0, 0.1) is 0 Å². The smallest absolute Gasteiger partial charge is 0.276 e. The second kappa shape index (κ2) is 9.13. The van der Waals surface area contributed by atoms with Crippen molar-refractivity contribution >= 4 is 16.2 Å². The van der Waals surface area contributed by atoms with E-state index in [9.17, 15) is 8.42 Å². The average Bonchev–Trinajstić information content (AvgIpc) is 2.68. The molecule has 1 N–H and O–H groups in total. The lowest BCUT2D eigenvalue weighted by Crippen LogP contribution is -2.18. The van der Waals surface area contributed by atoms with Crippen molar-refractivity contribution < 1.29 is 27.4 Å². The fourth-order valence-electron chi connectivity index (χ4n) is 2.25. The highest BCUT2D eigenvalue weighted by molar-refractivity contribution is 7.89. The fraction of sp³-hybridized carbons (Fsp3) is 0.278. The van der Waals surface area contributed by atoms with E-state index >= 15 is 0 Å². The maximum absolute atomic E-state index is 12.3. The number of sulfonamides is 1. The largest absolute Gasteiger partial charge is 0.496 e. The maximum Gasteiger partial charge on any atom is 0.276 e. The summed E-state index contributed by atoms with van der Waals surface area (Å²) in [5.74, 6) is 2.00. The number of nitrogens with one attached hydrogen (secondary N) is 1. The predicted octanol–water partition coefficient (Wildman–Crippen LogP) is 2.42. The summed E-state index contributed by atoms with van der Waals surface area (Å²) in [7, 11) is 0.688. The second-order valence-corrected chi connectivity index (χ2v) is 6.87. The highest BCUT2D eigenvalue weighted by atomic mass is 32.2. The zero-order chi connectivity index (χ0) is 19.9. The van der Waals surface area contributed by atoms with Crippen LogP contribution in [0.1, 0.15) is 12.5 Å². The summed E-state index contributed by atoms with van der Waals surface area (Å²) >= 11 is 0. The minimum Gasteiger partial charge on any atom is -0.496 e. The van der Waals surface area contributed by atoms with Gasteiger partial charge < -0.3 is 18.9 Å². The van der Waals surface area contributed by atoms with Crippen molar-refractivity contribution in [3.05, 3.63) is 42.0 Å². The molecule has 0 saturated heterocycles. The molecule has 9 heteroatoms. The summed E-state index contributed by atoms with van der Waals surface area (Å²) in [5.41, 5.74) is 0.518. The summed E-state index contributed by atoms with van der Waals surface area (Å²) in [6.07, 6.45) is 1.33. The molecule has 0 bridgehead atoms. The van der Waals surface area contributed by atoms with Crippen LogP contribution in [0.2, 0.25) is 0 Å². The molecule has 0 atom stereocenters. The van der Waals surface area contributed by atoms with Crippen LogP contribution in [-0.2, 0) is 10.0 Å². The van der Waals surface area contributed by atoms with Crippen LogP contribution in [0.4, 0.5) is 0 Å². The van der Waals surface area contributed by atoms with E-state index in [-0.39, 0.29) is 4.90 Å². The number of benzene rings is 2. The molecule has 2 aromatic carbocycles. The van der Waals surface area contributed by atoms with Gasteiger partial charge in [-0.2, -0.15) is 13.5 Å². The third-order valence-electron chi connectivity index (χ3n) is 3.56. The van der Waals surface area contributed by atoms with Gasteiger partial charge in [-0.15, -0.1) is 0 Å². The number of nitrogens with zero attached hydrogens (tertiary/aromatic N) is 1. The third-order valence-corrected chi connectivity index (χ3v) is 4.80. The van der Waals surface area contributed by atoms with E-state index < -0.39 is 10.0 Å². The lowest BCUT2D eigenvalue weighted by atomic mass is 10.2. The van der Waals surface area contributed by atoms with Crippen molar-refractivity contribution in [2.45, 2.75) is 11.8 Å². The minimum absolute atomic E-state index is 0.0716. The van der Waals surface area contributed by atoms with Gasteiger partial charge in [0.2, 0.25) is 0 Å². The molecule has 0 heterocycles. The molecule has 0 aliphatic carbocycles. The lowest BCUT2D eigenvalue weighted by Gasteiger charge is -2.11. The van der Waals surface area contributed by atoms with Crippen LogP contribution in [0.5, 0.6) is 23.0 Å². The molecule has 0 aliphatic heterocycles. The SMILES string of the molecule is CCOc1ccc(S(=O)(=O)N/N=C\c2cc(OC)c(OC)cc2OC)cc1. The summed E-state index contributed by atoms with van der Waals surface area (Å²) in [5, 5.41) is 3.82. The average molecular weight is 394 g/mol. The van der Waals surface area contributed by atoms with E-state index in [1.807, 2.05) is 6.92 Å². The number of hydrogen-bond acceptors (Lipinski definition) is 7. The van der Waals surface area contributed by atoms with Crippen LogP contribution >= 0.6 is 0 Å². The van der Waals surface area contributed by atoms with E-state index in [1.54, 1.807) is 24.3 Å². The molecule has 0 aromatic heterocycles. The van der Waals surface area contributed by atoms with Gasteiger partial charge in [0.1, 0.15) is 11.5 Å². The standard InChI is InChI=1S/C18H22N2O6S/c1-5-26-14-6-8-15(9-7-14)27(21,22)20-19-12-13-10-17(24-3)18(25-4)11-16(13)23-2/h6-12,20H,5H2,1-4H3/b19-12-. The number of methoxy groups -OCH3 is 3. The highest BCUT2D eigenvalue weighted by Gasteiger charge is 2.14. The summed E-state index contributed by atoms with van der Waals surface area (Å²) in [6.45, 7) is 2.35. The molecule has 0 amide bonds. The first-order valence-electron chi connectivity index (χ1n) is 8.03. The normalized spacial score (nSPS) is 11.3. The zero-order valence-electron chi connectivity index (χ0n) is 15.6. The third kappa shape index (κ3) is 5.04. The van der Waals surface area contributed by atoms with Crippen molar-refractivity contribution in [3.8, 4) is 23.0 Å². The number of hydrazone groups is 1. The van der Waals surface area contributed by atoms with Crippen LogP contribution in [0.3, 0.4) is 0 Å². The van der Waals surface area contributed by atoms with Crippen LogP contribution in [-0.4, -0.2) is 42.6 Å². The van der Waals surface area contributed by atoms with E-state index in [1.165, 1.54) is 39.7 Å². The molecule has 2 aromatic rings. The molecule has 146 valence electrons. The van der Waals surface area contributed by atoms with Crippen LogP contribution < -0.4 is 23.8 Å². The summed E-state index contributed by atoms with van der Waals surface area (Å²) < 4.78 is 45.7. The van der Waals surface area contributed by atoms with Crippen molar-refractivity contribution in [3.63, 3.8) is 0 Å². The van der Waals surface area contributed by atoms with Crippen molar-refractivity contribution in [2.24, 2.45) is 5.10 Å². The van der Waals surface area contributed by atoms with Crippen molar-refractivity contribution in [1.29, 1.82) is 0 Å². The molecular weight excluding hydrogens is 372 g/mol. The Morgan fingerprint density at radius 3 is 2.11 bits per heavy atom. The zero-order valence-corrected chi connectivity index (χ0v) is 16.4. The predicted molar refractivity (Wildman–Crippen MR) is 102 cm³/mol. The van der Waals surface area contributed by atoms with E-state index in [0.717, 1.165) is 0 Å². The molecule has 0 spiro atoms. The van der Waals surface area contributed by atoms with Crippen molar-refractivity contribution in [1.82, 2.24) is 4.83 Å². The molecule has 0 fully saturated rings. The quantitative estimate of drug-likeness (QED) is 0.518. The van der Waals surface area contributed by atoms with Gasteiger partial charge in [-0.25, -0.2) is 4.83 Å². The molecule has 0 aliphatic rings. The topological polar surface area (TPSA) is 95.5 Å². The van der Waals surface area contributed by atoms with E-state index in [4.69, 9.17) is 18.9 Å². The first-order valence-corrected chi connectivity index (χ1v) is 9.51. The van der Waals surface area contributed by atoms with Crippen LogP contribution in [0.15, 0.2) is 46.4 Å². The van der Waals surface area contributed by atoms with Gasteiger partial charge in [-0.1, -0.05) is 0 Å². The van der Waals surface area contributed by atoms with Gasteiger partial charge in [0.05, 0.1) is 39.0 Å². The van der Waals surface area contributed by atoms with Gasteiger partial charge in [0.25, 0.3) is 10.0 Å². The minimum atomic E-state index is -3.81. The molecular formula is C18H22N2O6S. The number of ether oxygens (including phenoxy) is 4. The first-order chi connectivity index (χ1) is 12.9. The number of rotatable bonds is 9. The van der Waals surface area contributed by atoms with Gasteiger partial charge in [-0.05, 0) is 37.3 Å². The lowest BCUT2D eigenvalue weighted by molar-refractivity contribution is 0.340.